The minimum absolute atomic E-state index is 0.0916. The molecule has 0 aliphatic carbocycles. The minimum atomic E-state index is -0.220. The van der Waals surface area contributed by atoms with Crippen molar-refractivity contribution in [1.29, 1.82) is 0 Å². The molecular formula is C25H23N5O2. The predicted octanol–water partition coefficient (Wildman–Crippen LogP) is 3.58. The third-order valence-corrected chi connectivity index (χ3v) is 5.78. The minimum Gasteiger partial charge on any atom is -0.344 e. The lowest BCUT2D eigenvalue weighted by Gasteiger charge is -2.27. The van der Waals surface area contributed by atoms with E-state index in [-0.39, 0.29) is 17.9 Å². The van der Waals surface area contributed by atoms with Gasteiger partial charge in [-0.05, 0) is 42.8 Å². The van der Waals surface area contributed by atoms with Crippen LogP contribution in [0.1, 0.15) is 45.2 Å². The molecule has 160 valence electrons. The molecular weight excluding hydrogens is 402 g/mol. The topological polar surface area (TPSA) is 80.1 Å². The number of rotatable bonds is 5. The first kappa shape index (κ1) is 19.9. The fourth-order valence-electron chi connectivity index (χ4n) is 4.07. The van der Waals surface area contributed by atoms with Gasteiger partial charge in [-0.15, -0.1) is 0 Å². The Bertz CT molecular complexity index is 1280. The van der Waals surface area contributed by atoms with Crippen molar-refractivity contribution in [2.45, 2.75) is 26.1 Å². The van der Waals surface area contributed by atoms with Gasteiger partial charge in [0, 0.05) is 31.4 Å². The number of aromatic nitrogens is 3. The van der Waals surface area contributed by atoms with Crippen molar-refractivity contribution in [3.63, 3.8) is 0 Å². The number of carbonyl (C=O) groups excluding carboxylic acids is 2. The van der Waals surface area contributed by atoms with E-state index < -0.39 is 0 Å². The lowest BCUT2D eigenvalue weighted by molar-refractivity contribution is 0.0685. The number of hydrogen-bond acceptors (Lipinski definition) is 4. The first-order valence-corrected chi connectivity index (χ1v) is 10.7. The summed E-state index contributed by atoms with van der Waals surface area (Å²) in [5, 5.41) is 2.97. The lowest BCUT2D eigenvalue weighted by atomic mass is 10.1. The monoisotopic (exact) mass is 425 g/mol. The molecule has 2 amide bonds. The van der Waals surface area contributed by atoms with Gasteiger partial charge in [0.2, 0.25) is 0 Å². The number of nitrogens with one attached hydrogen (secondary N) is 1. The molecule has 4 aromatic rings. The average molecular weight is 425 g/mol. The molecule has 1 N–H and O–H groups in total. The molecule has 0 radical (unpaired) electrons. The SMILES string of the molecule is CC(NC(=O)c1ccc2c(c1)nc1n2CCN(Cc2ccccc2)C1=O)c1ccccn1. The molecule has 0 fully saturated rings. The smallest absolute Gasteiger partial charge is 0.290 e. The van der Waals surface area contributed by atoms with Gasteiger partial charge >= 0.3 is 0 Å². The highest BCUT2D eigenvalue weighted by atomic mass is 16.2. The van der Waals surface area contributed by atoms with Gasteiger partial charge in [0.05, 0.1) is 22.8 Å². The molecule has 1 aliphatic rings. The van der Waals surface area contributed by atoms with Gasteiger partial charge < -0.3 is 14.8 Å². The molecule has 0 saturated heterocycles. The van der Waals surface area contributed by atoms with Crippen molar-refractivity contribution in [3.8, 4) is 0 Å². The molecule has 7 heteroatoms. The fourth-order valence-corrected chi connectivity index (χ4v) is 4.07. The van der Waals surface area contributed by atoms with Crippen LogP contribution < -0.4 is 5.32 Å². The van der Waals surface area contributed by atoms with Crippen LogP contribution in [0.2, 0.25) is 0 Å². The number of nitrogens with zero attached hydrogens (tertiary/aromatic N) is 4. The van der Waals surface area contributed by atoms with Gasteiger partial charge in [0.15, 0.2) is 5.82 Å². The fraction of sp³-hybridized carbons (Fsp3) is 0.200. The number of pyridine rings is 1. The standard InChI is InChI=1S/C25H23N5O2/c1-17(20-9-5-6-12-26-20)27-24(31)19-10-11-22-21(15-19)28-23-25(32)29(13-14-30(22)23)16-18-7-3-2-4-8-18/h2-12,15,17H,13-14,16H2,1H3,(H,27,31). The van der Waals surface area contributed by atoms with E-state index >= 15 is 0 Å². The second-order valence-electron chi connectivity index (χ2n) is 7.95. The van der Waals surface area contributed by atoms with E-state index in [4.69, 9.17) is 0 Å². The van der Waals surface area contributed by atoms with E-state index in [2.05, 4.69) is 15.3 Å². The lowest BCUT2D eigenvalue weighted by Crippen LogP contribution is -2.39. The van der Waals surface area contributed by atoms with Crippen LogP contribution >= 0.6 is 0 Å². The first-order chi connectivity index (χ1) is 15.6. The van der Waals surface area contributed by atoms with E-state index in [1.807, 2.05) is 71.0 Å². The molecule has 0 saturated carbocycles. The first-order valence-electron chi connectivity index (χ1n) is 10.7. The van der Waals surface area contributed by atoms with Gasteiger partial charge in [0.25, 0.3) is 11.8 Å². The number of imidazole rings is 1. The Labute approximate surface area is 185 Å². The van der Waals surface area contributed by atoms with Crippen molar-refractivity contribution >= 4 is 22.8 Å². The van der Waals surface area contributed by atoms with Crippen molar-refractivity contribution < 1.29 is 9.59 Å². The summed E-state index contributed by atoms with van der Waals surface area (Å²) in [6, 6.07) is 20.7. The number of benzene rings is 2. The second kappa shape index (κ2) is 8.26. The van der Waals surface area contributed by atoms with Crippen LogP contribution in [0, 0.1) is 0 Å². The normalized spacial score (nSPS) is 14.3. The van der Waals surface area contributed by atoms with E-state index in [1.54, 1.807) is 18.3 Å². The van der Waals surface area contributed by atoms with E-state index in [0.717, 1.165) is 16.8 Å². The van der Waals surface area contributed by atoms with Crippen LogP contribution in [0.4, 0.5) is 0 Å². The predicted molar refractivity (Wildman–Crippen MR) is 121 cm³/mol. The highest BCUT2D eigenvalue weighted by Gasteiger charge is 2.28. The second-order valence-corrected chi connectivity index (χ2v) is 7.95. The molecule has 7 nitrogen and oxygen atoms in total. The molecule has 1 unspecified atom stereocenters. The quantitative estimate of drug-likeness (QED) is 0.530. The van der Waals surface area contributed by atoms with Crippen molar-refractivity contribution in [3.05, 3.63) is 95.6 Å². The van der Waals surface area contributed by atoms with Gasteiger partial charge in [-0.2, -0.15) is 0 Å². The maximum absolute atomic E-state index is 13.1. The summed E-state index contributed by atoms with van der Waals surface area (Å²) in [5.41, 5.74) is 3.90. The maximum Gasteiger partial charge on any atom is 0.290 e. The molecule has 2 aromatic carbocycles. The van der Waals surface area contributed by atoms with E-state index in [1.165, 1.54) is 0 Å². The zero-order valence-electron chi connectivity index (χ0n) is 17.7. The Kier molecular flexibility index (Phi) is 5.15. The Balaban J connectivity index is 1.37. The summed E-state index contributed by atoms with van der Waals surface area (Å²) >= 11 is 0. The van der Waals surface area contributed by atoms with Crippen molar-refractivity contribution in [1.82, 2.24) is 24.8 Å². The highest BCUT2D eigenvalue weighted by Crippen LogP contribution is 2.23. The van der Waals surface area contributed by atoms with Gasteiger partial charge in [-0.3, -0.25) is 14.6 Å². The summed E-state index contributed by atoms with van der Waals surface area (Å²) in [7, 11) is 0. The van der Waals surface area contributed by atoms with Crippen LogP contribution in [0.25, 0.3) is 11.0 Å². The van der Waals surface area contributed by atoms with Crippen LogP contribution in [0.5, 0.6) is 0 Å². The summed E-state index contributed by atoms with van der Waals surface area (Å²) in [6.07, 6.45) is 1.71. The zero-order chi connectivity index (χ0) is 22.1. The molecule has 32 heavy (non-hydrogen) atoms. The van der Waals surface area contributed by atoms with Crippen LogP contribution in [-0.2, 0) is 13.1 Å². The molecule has 0 bridgehead atoms. The molecule has 3 heterocycles. The number of amides is 2. The third-order valence-electron chi connectivity index (χ3n) is 5.78. The largest absolute Gasteiger partial charge is 0.344 e. The van der Waals surface area contributed by atoms with Crippen molar-refractivity contribution in [2.75, 3.05) is 6.54 Å². The summed E-state index contributed by atoms with van der Waals surface area (Å²) in [5.74, 6) is 0.126. The third kappa shape index (κ3) is 3.73. The number of fused-ring (bicyclic) bond motifs is 3. The average Bonchev–Trinajstić information content (AvgIpc) is 3.21. The molecule has 0 spiro atoms. The maximum atomic E-state index is 13.1. The highest BCUT2D eigenvalue weighted by molar-refractivity contribution is 6.00. The molecule has 1 aliphatic heterocycles. The van der Waals surface area contributed by atoms with Gasteiger partial charge in [-0.1, -0.05) is 36.4 Å². The Morgan fingerprint density at radius 1 is 1.06 bits per heavy atom. The molecule has 2 aromatic heterocycles. The Morgan fingerprint density at radius 2 is 1.88 bits per heavy atom. The van der Waals surface area contributed by atoms with Crippen LogP contribution in [-0.4, -0.2) is 37.8 Å². The van der Waals surface area contributed by atoms with Gasteiger partial charge in [0.1, 0.15) is 0 Å². The van der Waals surface area contributed by atoms with Crippen LogP contribution in [0.3, 0.4) is 0 Å². The Morgan fingerprint density at radius 3 is 2.66 bits per heavy atom. The summed E-state index contributed by atoms with van der Waals surface area (Å²) in [6.45, 7) is 3.75. The summed E-state index contributed by atoms with van der Waals surface area (Å²) < 4.78 is 1.94. The number of hydrogen-bond donors (Lipinski definition) is 1. The zero-order valence-corrected chi connectivity index (χ0v) is 17.7. The van der Waals surface area contributed by atoms with E-state index in [9.17, 15) is 9.59 Å². The van der Waals surface area contributed by atoms with Crippen LogP contribution in [0.15, 0.2) is 72.9 Å². The Hall–Kier alpha value is -4.00. The summed E-state index contributed by atoms with van der Waals surface area (Å²) in [4.78, 5) is 36.6. The molecule has 5 rings (SSSR count). The van der Waals surface area contributed by atoms with Gasteiger partial charge in [-0.25, -0.2) is 4.98 Å². The molecule has 1 atom stereocenters. The van der Waals surface area contributed by atoms with Crippen molar-refractivity contribution in [2.24, 2.45) is 0 Å². The number of carbonyl (C=O) groups is 2. The van der Waals surface area contributed by atoms with E-state index in [0.29, 0.717) is 36.5 Å².